The summed E-state index contributed by atoms with van der Waals surface area (Å²) >= 11 is 0. The molecule has 6 heteroatoms. The fourth-order valence-electron chi connectivity index (χ4n) is 2.69. The highest BCUT2D eigenvalue weighted by molar-refractivity contribution is 5.53. The van der Waals surface area contributed by atoms with E-state index in [0.29, 0.717) is 5.78 Å². The molecule has 1 aliphatic carbocycles. The van der Waals surface area contributed by atoms with Gasteiger partial charge in [0.2, 0.25) is 0 Å². The van der Waals surface area contributed by atoms with Gasteiger partial charge in [-0.3, -0.25) is 0 Å². The van der Waals surface area contributed by atoms with Gasteiger partial charge in [-0.15, -0.1) is 0 Å². The van der Waals surface area contributed by atoms with E-state index in [1.807, 2.05) is 11.4 Å². The van der Waals surface area contributed by atoms with Crippen LogP contribution in [-0.4, -0.2) is 39.3 Å². The Morgan fingerprint density at radius 1 is 1.35 bits per heavy atom. The van der Waals surface area contributed by atoms with Crippen LogP contribution >= 0.6 is 0 Å². The average Bonchev–Trinajstić information content (AvgIpc) is 2.94. The largest absolute Gasteiger partial charge is 0.382 e. The number of nitrogens with one attached hydrogen (secondary N) is 1. The van der Waals surface area contributed by atoms with E-state index in [4.69, 9.17) is 4.74 Å². The molecular weight excluding hydrogens is 254 g/mol. The molecule has 1 aliphatic rings. The molecule has 0 saturated carbocycles. The van der Waals surface area contributed by atoms with Crippen LogP contribution in [-0.2, 0) is 17.6 Å². The van der Waals surface area contributed by atoms with E-state index >= 15 is 0 Å². The van der Waals surface area contributed by atoms with Gasteiger partial charge in [-0.25, -0.2) is 4.98 Å². The summed E-state index contributed by atoms with van der Waals surface area (Å²) in [5, 5.41) is 7.79. The van der Waals surface area contributed by atoms with E-state index in [9.17, 15) is 0 Å². The van der Waals surface area contributed by atoms with Crippen molar-refractivity contribution in [2.75, 3.05) is 25.1 Å². The number of aromatic nitrogens is 4. The van der Waals surface area contributed by atoms with Gasteiger partial charge in [-0.1, -0.05) is 0 Å². The minimum Gasteiger partial charge on any atom is -0.382 e. The summed E-state index contributed by atoms with van der Waals surface area (Å²) in [5.74, 6) is 1.76. The minimum absolute atomic E-state index is 0.693. The van der Waals surface area contributed by atoms with Crippen LogP contribution < -0.4 is 5.32 Å². The molecule has 20 heavy (non-hydrogen) atoms. The molecule has 0 saturated heterocycles. The first-order valence-electron chi connectivity index (χ1n) is 7.43. The van der Waals surface area contributed by atoms with Gasteiger partial charge in [0.15, 0.2) is 0 Å². The number of rotatable bonds is 6. The zero-order valence-electron chi connectivity index (χ0n) is 11.9. The zero-order valence-corrected chi connectivity index (χ0v) is 11.9. The summed E-state index contributed by atoms with van der Waals surface area (Å²) in [6, 6.07) is 0. The predicted molar refractivity (Wildman–Crippen MR) is 77.0 cm³/mol. The summed E-state index contributed by atoms with van der Waals surface area (Å²) in [5.41, 5.74) is 2.50. The van der Waals surface area contributed by atoms with Crippen LogP contribution in [0.3, 0.4) is 0 Å². The highest BCUT2D eigenvalue weighted by Gasteiger charge is 2.19. The van der Waals surface area contributed by atoms with Crippen LogP contribution in [0.25, 0.3) is 5.78 Å². The summed E-state index contributed by atoms with van der Waals surface area (Å²) in [4.78, 5) is 8.84. The van der Waals surface area contributed by atoms with Gasteiger partial charge in [0.25, 0.3) is 5.78 Å². The number of ether oxygens (including phenoxy) is 1. The van der Waals surface area contributed by atoms with E-state index in [-0.39, 0.29) is 0 Å². The minimum atomic E-state index is 0.693. The van der Waals surface area contributed by atoms with Crippen molar-refractivity contribution in [2.24, 2.45) is 0 Å². The first kappa shape index (κ1) is 13.3. The lowest BCUT2D eigenvalue weighted by molar-refractivity contribution is 0.147. The summed E-state index contributed by atoms with van der Waals surface area (Å²) in [6.07, 6.45) is 7.12. The lowest BCUT2D eigenvalue weighted by atomic mass is 9.96. The fourth-order valence-corrected chi connectivity index (χ4v) is 2.69. The standard InChI is InChI=1S/C14H21N5O/c1-2-20-9-5-8-15-13-11-6-3-4-7-12(11)18-14-16-10-17-19(13)14/h10,15H,2-9H2,1H3. The van der Waals surface area contributed by atoms with Gasteiger partial charge >= 0.3 is 0 Å². The normalized spacial score (nSPS) is 14.4. The predicted octanol–water partition coefficient (Wildman–Crippen LogP) is 1.84. The average molecular weight is 275 g/mol. The van der Waals surface area contributed by atoms with E-state index < -0.39 is 0 Å². The molecule has 0 spiro atoms. The molecule has 2 aromatic rings. The van der Waals surface area contributed by atoms with Crippen LogP contribution in [0, 0.1) is 0 Å². The molecule has 0 atom stereocenters. The molecule has 6 nitrogen and oxygen atoms in total. The Labute approximate surface area is 118 Å². The van der Waals surface area contributed by atoms with Gasteiger partial charge in [0, 0.05) is 25.3 Å². The molecule has 0 aliphatic heterocycles. The Kier molecular flexibility index (Phi) is 4.11. The number of nitrogens with zero attached hydrogens (tertiary/aromatic N) is 4. The molecule has 0 unspecified atom stereocenters. The number of aryl methyl sites for hydroxylation is 1. The Bertz CT molecular complexity index is 580. The van der Waals surface area contributed by atoms with Gasteiger partial charge < -0.3 is 10.1 Å². The monoisotopic (exact) mass is 275 g/mol. The van der Waals surface area contributed by atoms with Crippen LogP contribution in [0.5, 0.6) is 0 Å². The van der Waals surface area contributed by atoms with Crippen molar-refractivity contribution in [1.29, 1.82) is 0 Å². The third-order valence-electron chi connectivity index (χ3n) is 3.66. The summed E-state index contributed by atoms with van der Waals surface area (Å²) in [6.45, 7) is 4.46. The Morgan fingerprint density at radius 3 is 3.15 bits per heavy atom. The van der Waals surface area contributed by atoms with Crippen LogP contribution in [0.2, 0.25) is 0 Å². The van der Waals surface area contributed by atoms with E-state index in [2.05, 4.69) is 20.4 Å². The van der Waals surface area contributed by atoms with Crippen molar-refractivity contribution in [1.82, 2.24) is 19.6 Å². The maximum Gasteiger partial charge on any atom is 0.254 e. The van der Waals surface area contributed by atoms with Crippen molar-refractivity contribution in [3.05, 3.63) is 17.6 Å². The first-order chi connectivity index (χ1) is 9.90. The molecule has 0 bridgehead atoms. The molecular formula is C14H21N5O. The molecule has 108 valence electrons. The quantitative estimate of drug-likeness (QED) is 0.815. The molecule has 2 aromatic heterocycles. The maximum atomic E-state index is 5.37. The molecule has 0 amide bonds. The van der Waals surface area contributed by atoms with Crippen molar-refractivity contribution in [3.63, 3.8) is 0 Å². The Morgan fingerprint density at radius 2 is 2.25 bits per heavy atom. The van der Waals surface area contributed by atoms with E-state index in [1.54, 1.807) is 6.33 Å². The topological polar surface area (TPSA) is 64.3 Å². The van der Waals surface area contributed by atoms with Crippen LogP contribution in [0.1, 0.15) is 37.4 Å². The zero-order chi connectivity index (χ0) is 13.8. The fraction of sp³-hybridized carbons (Fsp3) is 0.643. The second-order valence-corrected chi connectivity index (χ2v) is 5.04. The molecule has 2 heterocycles. The number of hydrogen-bond donors (Lipinski definition) is 1. The van der Waals surface area contributed by atoms with E-state index in [1.165, 1.54) is 24.1 Å². The lowest BCUT2D eigenvalue weighted by Crippen LogP contribution is -2.17. The second kappa shape index (κ2) is 6.17. The molecule has 0 aromatic carbocycles. The highest BCUT2D eigenvalue weighted by atomic mass is 16.5. The number of fused-ring (bicyclic) bond motifs is 2. The molecule has 0 fully saturated rings. The van der Waals surface area contributed by atoms with E-state index in [0.717, 1.165) is 44.8 Å². The second-order valence-electron chi connectivity index (χ2n) is 5.04. The van der Waals surface area contributed by atoms with Crippen molar-refractivity contribution >= 4 is 11.6 Å². The summed E-state index contributed by atoms with van der Waals surface area (Å²) < 4.78 is 7.19. The van der Waals surface area contributed by atoms with Crippen LogP contribution in [0.4, 0.5) is 5.82 Å². The molecule has 1 N–H and O–H groups in total. The number of anilines is 1. The summed E-state index contributed by atoms with van der Waals surface area (Å²) in [7, 11) is 0. The molecule has 0 radical (unpaired) electrons. The van der Waals surface area contributed by atoms with Gasteiger partial charge in [-0.05, 0) is 39.0 Å². The number of hydrogen-bond acceptors (Lipinski definition) is 5. The lowest BCUT2D eigenvalue weighted by Gasteiger charge is -2.19. The Hall–Kier alpha value is -1.69. The smallest absolute Gasteiger partial charge is 0.254 e. The highest BCUT2D eigenvalue weighted by Crippen LogP contribution is 2.26. The first-order valence-corrected chi connectivity index (χ1v) is 7.43. The molecule has 3 rings (SSSR count). The SMILES string of the molecule is CCOCCCNc1c2c(nc3ncnn13)CCCC2. The third kappa shape index (κ3) is 2.60. The van der Waals surface area contributed by atoms with Gasteiger partial charge in [0.1, 0.15) is 12.1 Å². The Balaban J connectivity index is 1.81. The van der Waals surface area contributed by atoms with Gasteiger partial charge in [0.05, 0.1) is 5.69 Å². The third-order valence-corrected chi connectivity index (χ3v) is 3.66. The van der Waals surface area contributed by atoms with Gasteiger partial charge in [-0.2, -0.15) is 14.6 Å². The van der Waals surface area contributed by atoms with Crippen molar-refractivity contribution in [2.45, 2.75) is 39.0 Å². The maximum absolute atomic E-state index is 5.37. The van der Waals surface area contributed by atoms with Crippen LogP contribution in [0.15, 0.2) is 6.33 Å². The van der Waals surface area contributed by atoms with Crippen molar-refractivity contribution < 1.29 is 4.74 Å². The van der Waals surface area contributed by atoms with Crippen molar-refractivity contribution in [3.8, 4) is 0 Å².